The smallest absolute Gasteiger partial charge is 0.410 e. The Bertz CT molecular complexity index is 1140. The van der Waals surface area contributed by atoms with Crippen molar-refractivity contribution in [2.24, 2.45) is 5.73 Å². The van der Waals surface area contributed by atoms with E-state index in [2.05, 4.69) is 15.6 Å². The zero-order chi connectivity index (χ0) is 21.3. The molecule has 1 aliphatic heterocycles. The van der Waals surface area contributed by atoms with Crippen LogP contribution in [0.5, 0.6) is 0 Å². The highest BCUT2D eigenvalue weighted by Gasteiger charge is 2.30. The summed E-state index contributed by atoms with van der Waals surface area (Å²) in [5, 5.41) is 11.2. The quantitative estimate of drug-likeness (QED) is 0.636. The minimum Gasteiger partial charge on any atom is -0.450 e. The normalized spacial score (nSPS) is 13.2. The maximum absolute atomic E-state index is 12.6. The Morgan fingerprint density at radius 2 is 2.10 bits per heavy atom. The van der Waals surface area contributed by atoms with Gasteiger partial charge in [0.2, 0.25) is 5.91 Å². The molecule has 3 amide bonds. The van der Waals surface area contributed by atoms with E-state index in [0.717, 1.165) is 16.0 Å². The first-order valence-corrected chi connectivity index (χ1v) is 10.2. The van der Waals surface area contributed by atoms with Crippen LogP contribution < -0.4 is 11.1 Å². The van der Waals surface area contributed by atoms with Gasteiger partial charge in [-0.15, -0.1) is 16.4 Å². The molecular formula is C19H20N6O4S. The number of anilines is 1. The van der Waals surface area contributed by atoms with E-state index < -0.39 is 12.0 Å². The summed E-state index contributed by atoms with van der Waals surface area (Å²) in [5.74, 6) is -0.965. The van der Waals surface area contributed by atoms with Gasteiger partial charge in [0, 0.05) is 11.4 Å². The van der Waals surface area contributed by atoms with Crippen LogP contribution in [0.3, 0.4) is 0 Å². The molecule has 0 spiro atoms. The molecule has 30 heavy (non-hydrogen) atoms. The van der Waals surface area contributed by atoms with Gasteiger partial charge in [0.15, 0.2) is 0 Å². The minimum atomic E-state index is -0.612. The number of hydrogen-bond acceptors (Lipinski definition) is 7. The minimum absolute atomic E-state index is 0.0593. The van der Waals surface area contributed by atoms with Crippen LogP contribution in [-0.2, 0) is 29.0 Å². The Balaban J connectivity index is 1.55. The fraction of sp³-hybridized carbons (Fsp3) is 0.316. The van der Waals surface area contributed by atoms with E-state index in [-0.39, 0.29) is 19.1 Å². The molecule has 2 aromatic heterocycles. The number of fused-ring (bicyclic) bond motifs is 2. The van der Waals surface area contributed by atoms with Gasteiger partial charge in [0.05, 0.1) is 24.2 Å². The summed E-state index contributed by atoms with van der Waals surface area (Å²) in [4.78, 5) is 39.1. The molecule has 0 saturated heterocycles. The molecule has 0 radical (unpaired) electrons. The van der Waals surface area contributed by atoms with Gasteiger partial charge in [-0.3, -0.25) is 9.59 Å². The first-order valence-electron chi connectivity index (χ1n) is 9.42. The highest BCUT2D eigenvalue weighted by atomic mass is 32.1. The number of hydrogen-bond donors (Lipinski definition) is 2. The molecule has 156 valence electrons. The molecule has 0 atom stereocenters. The van der Waals surface area contributed by atoms with Crippen LogP contribution >= 0.6 is 11.3 Å². The third-order valence-electron chi connectivity index (χ3n) is 4.80. The van der Waals surface area contributed by atoms with Crippen molar-refractivity contribution in [1.82, 2.24) is 19.9 Å². The van der Waals surface area contributed by atoms with Gasteiger partial charge < -0.3 is 20.7 Å². The first kappa shape index (κ1) is 19.8. The number of rotatable bonds is 5. The second-order valence-electron chi connectivity index (χ2n) is 6.73. The fourth-order valence-electron chi connectivity index (χ4n) is 3.46. The van der Waals surface area contributed by atoms with Crippen LogP contribution in [0.15, 0.2) is 24.3 Å². The number of thiophene rings is 1. The van der Waals surface area contributed by atoms with Crippen molar-refractivity contribution in [3.05, 3.63) is 40.3 Å². The van der Waals surface area contributed by atoms with E-state index in [9.17, 15) is 14.4 Å². The van der Waals surface area contributed by atoms with Gasteiger partial charge in [0.25, 0.3) is 5.91 Å². The van der Waals surface area contributed by atoms with Crippen molar-refractivity contribution >= 4 is 45.3 Å². The lowest BCUT2D eigenvalue weighted by Crippen LogP contribution is -2.36. The molecule has 0 aliphatic carbocycles. The zero-order valence-electron chi connectivity index (χ0n) is 16.3. The first-order chi connectivity index (χ1) is 14.5. The Hall–Kier alpha value is -3.47. The number of nitrogens with two attached hydrogens (primary N) is 1. The molecule has 11 heteroatoms. The fourth-order valence-corrected chi connectivity index (χ4v) is 4.74. The Kier molecular flexibility index (Phi) is 5.36. The summed E-state index contributed by atoms with van der Waals surface area (Å²) in [6.07, 6.45) is 0.0628. The van der Waals surface area contributed by atoms with Crippen molar-refractivity contribution in [1.29, 1.82) is 0 Å². The molecule has 0 saturated carbocycles. The number of para-hydroxylation sites is 1. The molecule has 0 bridgehead atoms. The van der Waals surface area contributed by atoms with Gasteiger partial charge in [0.1, 0.15) is 17.1 Å². The number of carbonyl (C=O) groups excluding carboxylic acids is 3. The molecule has 1 aromatic carbocycles. The summed E-state index contributed by atoms with van der Waals surface area (Å²) in [6, 6.07) is 7.32. The second kappa shape index (κ2) is 8.11. The van der Waals surface area contributed by atoms with E-state index >= 15 is 0 Å². The van der Waals surface area contributed by atoms with Crippen LogP contribution in [0.25, 0.3) is 11.0 Å². The number of ether oxygens (including phenoxy) is 1. The van der Waals surface area contributed by atoms with Crippen LogP contribution in [0.2, 0.25) is 0 Å². The number of nitrogens with zero attached hydrogens (tertiary/aromatic N) is 4. The molecule has 3 aromatic rings. The third kappa shape index (κ3) is 3.71. The summed E-state index contributed by atoms with van der Waals surface area (Å²) in [5.41, 5.74) is 8.09. The summed E-state index contributed by atoms with van der Waals surface area (Å²) < 4.78 is 6.54. The maximum atomic E-state index is 12.6. The molecule has 10 nitrogen and oxygen atoms in total. The highest BCUT2D eigenvalue weighted by molar-refractivity contribution is 7.17. The van der Waals surface area contributed by atoms with Gasteiger partial charge in [-0.05, 0) is 31.0 Å². The molecule has 0 fully saturated rings. The predicted molar refractivity (Wildman–Crippen MR) is 110 cm³/mol. The summed E-state index contributed by atoms with van der Waals surface area (Å²) in [7, 11) is 0. The Morgan fingerprint density at radius 1 is 1.30 bits per heavy atom. The van der Waals surface area contributed by atoms with Crippen molar-refractivity contribution in [2.75, 3.05) is 18.5 Å². The topological polar surface area (TPSA) is 132 Å². The zero-order valence-corrected chi connectivity index (χ0v) is 17.1. The molecular weight excluding hydrogens is 408 g/mol. The SMILES string of the molecule is CCOC(=O)N1CCc2c(sc(NC(=O)Cn3nnc4ccccc43)c2C(N)=O)C1. The average molecular weight is 428 g/mol. The van der Waals surface area contributed by atoms with E-state index in [1.54, 1.807) is 11.8 Å². The lowest BCUT2D eigenvalue weighted by atomic mass is 10.0. The van der Waals surface area contributed by atoms with Crippen LogP contribution in [0.4, 0.5) is 9.80 Å². The van der Waals surface area contributed by atoms with Crippen molar-refractivity contribution in [2.45, 2.75) is 26.4 Å². The van der Waals surface area contributed by atoms with Crippen molar-refractivity contribution in [3.8, 4) is 0 Å². The number of nitrogens with one attached hydrogen (secondary N) is 1. The van der Waals surface area contributed by atoms with E-state index in [0.29, 0.717) is 35.6 Å². The van der Waals surface area contributed by atoms with Gasteiger partial charge >= 0.3 is 6.09 Å². The lowest BCUT2D eigenvalue weighted by molar-refractivity contribution is -0.116. The summed E-state index contributed by atoms with van der Waals surface area (Å²) in [6.45, 7) is 2.70. The van der Waals surface area contributed by atoms with E-state index in [1.807, 2.05) is 24.3 Å². The van der Waals surface area contributed by atoms with Crippen molar-refractivity contribution < 1.29 is 19.1 Å². The van der Waals surface area contributed by atoms with Crippen LogP contribution in [0, 0.1) is 0 Å². The monoisotopic (exact) mass is 428 g/mol. The largest absolute Gasteiger partial charge is 0.450 e. The molecule has 3 heterocycles. The number of amides is 3. The van der Waals surface area contributed by atoms with Crippen molar-refractivity contribution in [3.63, 3.8) is 0 Å². The van der Waals surface area contributed by atoms with Gasteiger partial charge in [-0.2, -0.15) is 0 Å². The Labute approximate surface area is 175 Å². The van der Waals surface area contributed by atoms with Crippen LogP contribution in [-0.4, -0.2) is 51.0 Å². The van der Waals surface area contributed by atoms with Gasteiger partial charge in [-0.25, -0.2) is 9.48 Å². The van der Waals surface area contributed by atoms with E-state index in [1.165, 1.54) is 16.0 Å². The molecule has 1 aliphatic rings. The average Bonchev–Trinajstić information content (AvgIpc) is 3.28. The Morgan fingerprint density at radius 3 is 2.87 bits per heavy atom. The molecule has 0 unspecified atom stereocenters. The number of benzene rings is 1. The number of primary amides is 1. The second-order valence-corrected chi connectivity index (χ2v) is 7.83. The molecule has 3 N–H and O–H groups in total. The van der Waals surface area contributed by atoms with Gasteiger partial charge in [-0.1, -0.05) is 17.3 Å². The third-order valence-corrected chi connectivity index (χ3v) is 5.93. The lowest BCUT2D eigenvalue weighted by Gasteiger charge is -2.26. The maximum Gasteiger partial charge on any atom is 0.410 e. The standard InChI is InChI=1S/C19H20N6O4S/c1-2-29-19(28)24-8-7-11-14(9-24)30-18(16(11)17(20)27)21-15(26)10-25-13-6-4-3-5-12(13)22-23-25/h3-6H,2,7-10H2,1H3,(H2,20,27)(H,21,26). The number of aromatic nitrogens is 3. The predicted octanol–water partition coefficient (Wildman–Crippen LogP) is 1.74. The summed E-state index contributed by atoms with van der Waals surface area (Å²) >= 11 is 1.25. The van der Waals surface area contributed by atoms with Crippen LogP contribution in [0.1, 0.15) is 27.7 Å². The highest BCUT2D eigenvalue weighted by Crippen LogP contribution is 2.37. The molecule has 4 rings (SSSR count). The van der Waals surface area contributed by atoms with E-state index in [4.69, 9.17) is 10.5 Å². The number of carbonyl (C=O) groups is 3.